The van der Waals surface area contributed by atoms with E-state index in [-0.39, 0.29) is 63.0 Å². The number of rotatable bonds is 37. The van der Waals surface area contributed by atoms with E-state index < -0.39 is 15.1 Å². The van der Waals surface area contributed by atoms with Crippen molar-refractivity contribution in [2.24, 2.45) is 0 Å². The predicted octanol–water partition coefficient (Wildman–Crippen LogP) is 10.7. The zero-order chi connectivity index (χ0) is 43.4. The van der Waals surface area contributed by atoms with Gasteiger partial charge in [-0.15, -0.1) is 0 Å². The fourth-order valence-electron chi connectivity index (χ4n) is 8.58. The number of aryl methyl sites for hydroxylation is 1. The summed E-state index contributed by atoms with van der Waals surface area (Å²) in [5, 5.41) is -0.490. The standard InChI is InChI=1S/C48H82O11S/c1-7-8-9-10-11-12-13-14-15-19-25-44(56-36-53-5)46-31-32-47(59-46)45(57-37-54-6)26-21-20-24-42(60(50,51)43-29-27-38(2)28-30-43)23-18-16-17-22-41(55-35-52-4)34-40-33-39(3)58-48(40)49/h27-30,33,39,41-42,44-47H,7-26,31-32,34-37H2,1-6H3. The van der Waals surface area contributed by atoms with Crippen LogP contribution in [0.1, 0.15) is 167 Å². The Bertz CT molecular complexity index is 1400. The van der Waals surface area contributed by atoms with Gasteiger partial charge >= 0.3 is 5.97 Å². The molecule has 0 N–H and O–H groups in total. The van der Waals surface area contributed by atoms with Crippen LogP contribution in [0.2, 0.25) is 0 Å². The smallest absolute Gasteiger partial charge is 0.334 e. The number of benzene rings is 1. The number of cyclic esters (lactones) is 1. The summed E-state index contributed by atoms with van der Waals surface area (Å²) in [7, 11) is 1.34. The van der Waals surface area contributed by atoms with E-state index in [1.807, 2.05) is 32.1 Å². The highest BCUT2D eigenvalue weighted by Gasteiger charge is 2.37. The first kappa shape index (κ1) is 52.4. The summed E-state index contributed by atoms with van der Waals surface area (Å²) in [6, 6.07) is 7.22. The third-order valence-electron chi connectivity index (χ3n) is 12.0. The Morgan fingerprint density at radius 2 is 1.12 bits per heavy atom. The van der Waals surface area contributed by atoms with Crippen LogP contribution in [-0.4, -0.2) is 98.0 Å². The van der Waals surface area contributed by atoms with Crippen molar-refractivity contribution in [1.82, 2.24) is 0 Å². The predicted molar refractivity (Wildman–Crippen MR) is 237 cm³/mol. The number of carbonyl (C=O) groups is 1. The fraction of sp³-hybridized carbons (Fsp3) is 0.812. The summed E-state index contributed by atoms with van der Waals surface area (Å²) in [4.78, 5) is 12.6. The molecule has 12 heteroatoms. The second-order valence-electron chi connectivity index (χ2n) is 17.1. The van der Waals surface area contributed by atoms with Crippen LogP contribution >= 0.6 is 0 Å². The molecule has 1 saturated heterocycles. The van der Waals surface area contributed by atoms with Gasteiger partial charge in [0.1, 0.15) is 26.5 Å². The Hall–Kier alpha value is -1.90. The van der Waals surface area contributed by atoms with E-state index in [0.717, 1.165) is 76.2 Å². The molecule has 1 aromatic carbocycles. The van der Waals surface area contributed by atoms with Gasteiger partial charge < -0.3 is 37.9 Å². The highest BCUT2D eigenvalue weighted by Crippen LogP contribution is 2.32. The molecule has 1 fully saturated rings. The topological polar surface area (TPSA) is 125 Å². The van der Waals surface area contributed by atoms with E-state index in [4.69, 9.17) is 37.9 Å². The van der Waals surface area contributed by atoms with Gasteiger partial charge in [-0.05, 0) is 77.0 Å². The Morgan fingerprint density at radius 3 is 1.65 bits per heavy atom. The number of ether oxygens (including phenoxy) is 8. The van der Waals surface area contributed by atoms with E-state index >= 15 is 0 Å². The molecule has 0 bridgehead atoms. The molecule has 1 aromatic rings. The van der Waals surface area contributed by atoms with Crippen molar-refractivity contribution >= 4 is 15.8 Å². The molecule has 60 heavy (non-hydrogen) atoms. The van der Waals surface area contributed by atoms with E-state index in [2.05, 4.69) is 6.92 Å². The molecule has 2 aliphatic rings. The van der Waals surface area contributed by atoms with Crippen LogP contribution in [0, 0.1) is 6.92 Å². The van der Waals surface area contributed by atoms with Crippen LogP contribution in [0.15, 0.2) is 40.8 Å². The van der Waals surface area contributed by atoms with Gasteiger partial charge in [0, 0.05) is 33.3 Å². The maximum Gasteiger partial charge on any atom is 0.334 e. The number of hydrogen-bond acceptors (Lipinski definition) is 11. The molecule has 3 rings (SSSR count). The van der Waals surface area contributed by atoms with Crippen molar-refractivity contribution in [2.45, 2.75) is 215 Å². The highest BCUT2D eigenvalue weighted by molar-refractivity contribution is 7.92. The average Bonchev–Trinajstić information content (AvgIpc) is 3.85. The maximum absolute atomic E-state index is 14.1. The molecule has 7 atom stereocenters. The Labute approximate surface area is 364 Å². The normalized spacial score (nSPS) is 20.3. The average molecular weight is 867 g/mol. The van der Waals surface area contributed by atoms with Crippen LogP contribution in [0.25, 0.3) is 0 Å². The second kappa shape index (κ2) is 31.0. The molecule has 0 amide bonds. The van der Waals surface area contributed by atoms with Crippen LogP contribution in [-0.2, 0) is 52.5 Å². The lowest BCUT2D eigenvalue weighted by atomic mass is 9.99. The summed E-state index contributed by atoms with van der Waals surface area (Å²) < 4.78 is 74.1. The minimum absolute atomic E-state index is 0.0109. The molecule has 0 saturated carbocycles. The Morgan fingerprint density at radius 1 is 0.650 bits per heavy atom. The van der Waals surface area contributed by atoms with Crippen molar-refractivity contribution in [3.63, 3.8) is 0 Å². The van der Waals surface area contributed by atoms with E-state index in [9.17, 15) is 13.2 Å². The molecule has 2 heterocycles. The number of esters is 1. The Balaban J connectivity index is 1.52. The van der Waals surface area contributed by atoms with Gasteiger partial charge in [0.25, 0.3) is 0 Å². The molecular formula is C48H82O11S. The van der Waals surface area contributed by atoms with Crippen LogP contribution in [0.5, 0.6) is 0 Å². The minimum atomic E-state index is -3.54. The summed E-state index contributed by atoms with van der Waals surface area (Å²) in [5.41, 5.74) is 1.67. The number of methoxy groups -OCH3 is 3. The summed E-state index contributed by atoms with van der Waals surface area (Å²) in [6.07, 6.45) is 24.1. The molecule has 346 valence electrons. The molecule has 2 aliphatic heterocycles. The first-order valence-electron chi connectivity index (χ1n) is 23.3. The zero-order valence-electron chi connectivity index (χ0n) is 38.2. The van der Waals surface area contributed by atoms with Crippen LogP contribution < -0.4 is 0 Å². The SMILES string of the molecule is CCCCCCCCCCCCC(OCOC)C1CCC(C(CCCCC(CCCCCC(CC2=CC(C)OC2=O)OCOC)S(=O)(=O)c2ccc(C)cc2)OCOC)O1. The maximum atomic E-state index is 14.1. The van der Waals surface area contributed by atoms with Gasteiger partial charge in [0.15, 0.2) is 9.84 Å². The van der Waals surface area contributed by atoms with Gasteiger partial charge in [0.05, 0.1) is 40.7 Å². The summed E-state index contributed by atoms with van der Waals surface area (Å²) in [6.45, 7) is 6.66. The third-order valence-corrected chi connectivity index (χ3v) is 14.3. The lowest BCUT2D eigenvalue weighted by Gasteiger charge is -2.27. The van der Waals surface area contributed by atoms with E-state index in [1.165, 1.54) is 57.8 Å². The van der Waals surface area contributed by atoms with Crippen molar-refractivity contribution in [2.75, 3.05) is 41.7 Å². The van der Waals surface area contributed by atoms with E-state index in [1.54, 1.807) is 33.5 Å². The first-order valence-corrected chi connectivity index (χ1v) is 24.9. The lowest BCUT2D eigenvalue weighted by molar-refractivity contribution is -0.159. The summed E-state index contributed by atoms with van der Waals surface area (Å²) >= 11 is 0. The Kier molecular flexibility index (Phi) is 27.1. The largest absolute Gasteiger partial charge is 0.455 e. The number of sulfone groups is 1. The fourth-order valence-corrected chi connectivity index (χ4v) is 10.4. The summed E-state index contributed by atoms with van der Waals surface area (Å²) in [5.74, 6) is -0.287. The lowest BCUT2D eigenvalue weighted by Crippen LogP contribution is -2.34. The van der Waals surface area contributed by atoms with Crippen molar-refractivity contribution in [3.05, 3.63) is 41.5 Å². The van der Waals surface area contributed by atoms with Gasteiger partial charge in [-0.25, -0.2) is 13.2 Å². The highest BCUT2D eigenvalue weighted by atomic mass is 32.2. The third kappa shape index (κ3) is 20.1. The quantitative estimate of drug-likeness (QED) is 0.0360. The van der Waals surface area contributed by atoms with E-state index in [0.29, 0.717) is 29.7 Å². The van der Waals surface area contributed by atoms with Crippen LogP contribution in [0.3, 0.4) is 0 Å². The number of hydrogen-bond donors (Lipinski definition) is 0. The molecule has 0 aliphatic carbocycles. The minimum Gasteiger partial charge on any atom is -0.455 e. The van der Waals surface area contributed by atoms with Crippen molar-refractivity contribution < 1.29 is 51.1 Å². The monoisotopic (exact) mass is 867 g/mol. The van der Waals surface area contributed by atoms with Gasteiger partial charge in [-0.3, -0.25) is 0 Å². The second-order valence-corrected chi connectivity index (χ2v) is 19.3. The molecule has 11 nitrogen and oxygen atoms in total. The van der Waals surface area contributed by atoms with Crippen LogP contribution in [0.4, 0.5) is 0 Å². The molecule has 7 unspecified atom stereocenters. The molecular weight excluding hydrogens is 785 g/mol. The van der Waals surface area contributed by atoms with Crippen molar-refractivity contribution in [3.8, 4) is 0 Å². The zero-order valence-corrected chi connectivity index (χ0v) is 39.0. The number of carbonyl (C=O) groups excluding carboxylic acids is 1. The molecule has 0 spiro atoms. The molecule has 0 aromatic heterocycles. The van der Waals surface area contributed by atoms with Crippen molar-refractivity contribution in [1.29, 1.82) is 0 Å². The van der Waals surface area contributed by atoms with Gasteiger partial charge in [0.2, 0.25) is 0 Å². The molecule has 0 radical (unpaired) electrons. The number of unbranched alkanes of at least 4 members (excludes halogenated alkanes) is 12. The van der Waals surface area contributed by atoms with Gasteiger partial charge in [-0.2, -0.15) is 0 Å². The van der Waals surface area contributed by atoms with Gasteiger partial charge in [-0.1, -0.05) is 121 Å². The first-order chi connectivity index (χ1) is 29.1.